The molecule has 9 heteroatoms. The number of halogens is 1. The standard InChI is InChI=1S/C19H21ClN6O2/c1-27-15-9-12-13(21)10-18(23-14(12)11-16(15)28-2)26-7-5-25(6-8-26)17-3-4-22-19(20)24-17/h3-4,9-11H,5-8H2,1-2H3,(H2,21,23). The number of piperazine rings is 1. The van der Waals surface area contributed by atoms with Gasteiger partial charge in [0.25, 0.3) is 0 Å². The summed E-state index contributed by atoms with van der Waals surface area (Å²) in [6.45, 7) is 3.21. The number of ether oxygens (including phenoxy) is 2. The van der Waals surface area contributed by atoms with E-state index in [1.165, 1.54) is 0 Å². The second-order valence-electron chi connectivity index (χ2n) is 6.45. The van der Waals surface area contributed by atoms with Crippen molar-refractivity contribution in [2.75, 3.05) is 55.9 Å². The van der Waals surface area contributed by atoms with E-state index in [1.807, 2.05) is 24.3 Å². The minimum absolute atomic E-state index is 0.258. The zero-order valence-corrected chi connectivity index (χ0v) is 16.5. The molecule has 0 atom stereocenters. The van der Waals surface area contributed by atoms with Crippen LogP contribution < -0.4 is 25.0 Å². The van der Waals surface area contributed by atoms with Gasteiger partial charge in [-0.2, -0.15) is 0 Å². The van der Waals surface area contributed by atoms with E-state index in [-0.39, 0.29) is 5.28 Å². The van der Waals surface area contributed by atoms with Gasteiger partial charge in [-0.15, -0.1) is 0 Å². The summed E-state index contributed by atoms with van der Waals surface area (Å²) in [5.41, 5.74) is 7.74. The molecule has 0 amide bonds. The molecular formula is C19H21ClN6O2. The predicted molar refractivity (Wildman–Crippen MR) is 111 cm³/mol. The van der Waals surface area contributed by atoms with Crippen molar-refractivity contribution in [2.24, 2.45) is 0 Å². The van der Waals surface area contributed by atoms with E-state index in [4.69, 9.17) is 31.8 Å². The van der Waals surface area contributed by atoms with Gasteiger partial charge in [0.2, 0.25) is 5.28 Å². The highest BCUT2D eigenvalue weighted by Gasteiger charge is 2.21. The number of hydrogen-bond donors (Lipinski definition) is 1. The lowest BCUT2D eigenvalue weighted by atomic mass is 10.1. The van der Waals surface area contributed by atoms with Crippen LogP contribution in [0.15, 0.2) is 30.5 Å². The Labute approximate surface area is 167 Å². The molecule has 1 fully saturated rings. The third-order valence-electron chi connectivity index (χ3n) is 4.87. The number of pyridine rings is 1. The van der Waals surface area contributed by atoms with Crippen LogP contribution in [0.2, 0.25) is 5.28 Å². The molecule has 2 aromatic heterocycles. The number of aromatic nitrogens is 3. The third-order valence-corrected chi connectivity index (χ3v) is 5.05. The van der Waals surface area contributed by atoms with Crippen LogP contribution in [0.1, 0.15) is 0 Å². The Morgan fingerprint density at radius 2 is 1.57 bits per heavy atom. The fraction of sp³-hybridized carbons (Fsp3) is 0.316. The van der Waals surface area contributed by atoms with Crippen molar-refractivity contribution in [3.05, 3.63) is 35.7 Å². The Morgan fingerprint density at radius 1 is 0.929 bits per heavy atom. The molecule has 0 unspecified atom stereocenters. The summed E-state index contributed by atoms with van der Waals surface area (Å²) in [4.78, 5) is 17.4. The summed E-state index contributed by atoms with van der Waals surface area (Å²) in [7, 11) is 3.21. The Morgan fingerprint density at radius 3 is 2.21 bits per heavy atom. The Balaban J connectivity index is 1.58. The first kappa shape index (κ1) is 18.4. The van der Waals surface area contributed by atoms with Gasteiger partial charge < -0.3 is 25.0 Å². The van der Waals surface area contributed by atoms with Gasteiger partial charge >= 0.3 is 0 Å². The van der Waals surface area contributed by atoms with Gasteiger partial charge in [-0.05, 0) is 23.7 Å². The average molecular weight is 401 g/mol. The van der Waals surface area contributed by atoms with Crippen LogP contribution in [0.5, 0.6) is 11.5 Å². The molecule has 1 aliphatic heterocycles. The summed E-state index contributed by atoms with van der Waals surface area (Å²) in [6.07, 6.45) is 1.67. The maximum atomic E-state index is 6.31. The molecule has 0 bridgehead atoms. The first-order chi connectivity index (χ1) is 13.6. The van der Waals surface area contributed by atoms with Crippen molar-refractivity contribution in [2.45, 2.75) is 0 Å². The fourth-order valence-electron chi connectivity index (χ4n) is 3.39. The van der Waals surface area contributed by atoms with Crippen molar-refractivity contribution in [1.29, 1.82) is 0 Å². The van der Waals surface area contributed by atoms with Crippen LogP contribution in [0.3, 0.4) is 0 Å². The van der Waals surface area contributed by atoms with E-state index in [1.54, 1.807) is 20.4 Å². The highest BCUT2D eigenvalue weighted by Crippen LogP contribution is 2.35. The summed E-state index contributed by atoms with van der Waals surface area (Å²) < 4.78 is 10.8. The number of benzene rings is 1. The molecular weight excluding hydrogens is 380 g/mol. The average Bonchev–Trinajstić information content (AvgIpc) is 2.73. The predicted octanol–water partition coefficient (Wildman–Crippen LogP) is 2.60. The number of nitrogen functional groups attached to an aromatic ring is 1. The zero-order valence-electron chi connectivity index (χ0n) is 15.7. The van der Waals surface area contributed by atoms with Crippen LogP contribution >= 0.6 is 11.6 Å². The topological polar surface area (TPSA) is 89.6 Å². The van der Waals surface area contributed by atoms with E-state index in [0.717, 1.165) is 48.7 Å². The molecule has 146 valence electrons. The molecule has 1 aliphatic rings. The molecule has 0 aliphatic carbocycles. The van der Waals surface area contributed by atoms with E-state index >= 15 is 0 Å². The minimum Gasteiger partial charge on any atom is -0.493 e. The van der Waals surface area contributed by atoms with E-state index in [2.05, 4.69) is 19.8 Å². The van der Waals surface area contributed by atoms with Gasteiger partial charge in [0.05, 0.1) is 19.7 Å². The van der Waals surface area contributed by atoms with Gasteiger partial charge in [0.15, 0.2) is 11.5 Å². The van der Waals surface area contributed by atoms with Gasteiger partial charge in [-0.1, -0.05) is 0 Å². The van der Waals surface area contributed by atoms with E-state index in [9.17, 15) is 0 Å². The lowest BCUT2D eigenvalue weighted by Gasteiger charge is -2.36. The highest BCUT2D eigenvalue weighted by molar-refractivity contribution is 6.28. The molecule has 0 radical (unpaired) electrons. The quantitative estimate of drug-likeness (QED) is 0.668. The molecule has 0 saturated carbocycles. The van der Waals surface area contributed by atoms with Crippen molar-refractivity contribution in [1.82, 2.24) is 15.0 Å². The number of hydrogen-bond acceptors (Lipinski definition) is 8. The van der Waals surface area contributed by atoms with Crippen molar-refractivity contribution in [3.63, 3.8) is 0 Å². The first-order valence-electron chi connectivity index (χ1n) is 8.89. The highest BCUT2D eigenvalue weighted by atomic mass is 35.5. The molecule has 0 spiro atoms. The number of nitrogens with two attached hydrogens (primary N) is 1. The van der Waals surface area contributed by atoms with Crippen molar-refractivity contribution < 1.29 is 9.47 Å². The van der Waals surface area contributed by atoms with E-state index in [0.29, 0.717) is 17.2 Å². The molecule has 3 aromatic rings. The number of anilines is 3. The lowest BCUT2D eigenvalue weighted by molar-refractivity contribution is 0.356. The second kappa shape index (κ2) is 7.55. The molecule has 8 nitrogen and oxygen atoms in total. The monoisotopic (exact) mass is 400 g/mol. The zero-order chi connectivity index (χ0) is 19.7. The SMILES string of the molecule is COc1cc2nc(N3CCN(c4ccnc(Cl)n4)CC3)cc(N)c2cc1OC. The second-order valence-corrected chi connectivity index (χ2v) is 6.79. The Kier molecular flexibility index (Phi) is 4.95. The lowest BCUT2D eigenvalue weighted by Crippen LogP contribution is -2.47. The maximum absolute atomic E-state index is 6.31. The van der Waals surface area contributed by atoms with Crippen LogP contribution in [0.25, 0.3) is 10.9 Å². The minimum atomic E-state index is 0.258. The van der Waals surface area contributed by atoms with Gasteiger partial charge in [0, 0.05) is 55.6 Å². The van der Waals surface area contributed by atoms with E-state index < -0.39 is 0 Å². The Hall–Kier alpha value is -3.00. The number of methoxy groups -OCH3 is 2. The van der Waals surface area contributed by atoms with Crippen molar-refractivity contribution >= 4 is 39.8 Å². The Bertz CT molecular complexity index is 1010. The molecule has 3 heterocycles. The fourth-order valence-corrected chi connectivity index (χ4v) is 3.54. The van der Waals surface area contributed by atoms with Crippen LogP contribution in [0.4, 0.5) is 17.3 Å². The largest absolute Gasteiger partial charge is 0.493 e. The van der Waals surface area contributed by atoms with Crippen LogP contribution in [0, 0.1) is 0 Å². The summed E-state index contributed by atoms with van der Waals surface area (Å²) in [5.74, 6) is 2.94. The third kappa shape index (κ3) is 3.43. The first-order valence-corrected chi connectivity index (χ1v) is 9.27. The summed E-state index contributed by atoms with van der Waals surface area (Å²) in [5, 5.41) is 1.10. The molecule has 1 saturated heterocycles. The smallest absolute Gasteiger partial charge is 0.224 e. The van der Waals surface area contributed by atoms with Gasteiger partial charge in [0.1, 0.15) is 11.6 Å². The van der Waals surface area contributed by atoms with Crippen LogP contribution in [-0.4, -0.2) is 55.4 Å². The number of rotatable bonds is 4. The molecule has 1 aromatic carbocycles. The van der Waals surface area contributed by atoms with Gasteiger partial charge in [-0.25, -0.2) is 15.0 Å². The maximum Gasteiger partial charge on any atom is 0.224 e. The summed E-state index contributed by atoms with van der Waals surface area (Å²) in [6, 6.07) is 7.49. The van der Waals surface area contributed by atoms with Crippen molar-refractivity contribution in [3.8, 4) is 11.5 Å². The normalized spacial score (nSPS) is 14.4. The van der Waals surface area contributed by atoms with Crippen LogP contribution in [-0.2, 0) is 0 Å². The molecule has 4 rings (SSSR count). The molecule has 28 heavy (non-hydrogen) atoms. The molecule has 2 N–H and O–H groups in total. The number of fused-ring (bicyclic) bond motifs is 1. The van der Waals surface area contributed by atoms with Gasteiger partial charge in [-0.3, -0.25) is 0 Å². The summed E-state index contributed by atoms with van der Waals surface area (Å²) >= 11 is 5.91. The number of nitrogens with zero attached hydrogens (tertiary/aromatic N) is 5.